The summed E-state index contributed by atoms with van der Waals surface area (Å²) in [4.78, 5) is 47.1. The molecule has 0 saturated carbocycles. The number of carbonyl (C=O) groups excluding carboxylic acids is 4. The fourth-order valence-corrected chi connectivity index (χ4v) is 6.41. The van der Waals surface area contributed by atoms with Crippen LogP contribution in [0.15, 0.2) is 0 Å². The molecule has 0 radical (unpaired) electrons. The van der Waals surface area contributed by atoms with Gasteiger partial charge < -0.3 is 28.4 Å². The van der Waals surface area contributed by atoms with Gasteiger partial charge in [-0.25, -0.2) is 0 Å². The van der Waals surface area contributed by atoms with Crippen LogP contribution < -0.4 is 0 Å². The molecule has 0 aromatic carbocycles. The Balaban J connectivity index is 2.97. The molecule has 0 aliphatic carbocycles. The standard InChI is InChI=1S/C26H46O10Si/c1-8-9-10-11-12-13-15-37(6,7)16-14-31-26-25(35-21(5)30)24(34-20(4)29)23(33-19(3)28)22(36-26)17-32-18(2)27/h22-26H,8-17H2,1-7H3. The Morgan fingerprint density at radius 2 is 1.24 bits per heavy atom. The summed E-state index contributed by atoms with van der Waals surface area (Å²) < 4.78 is 33.4. The molecule has 1 rings (SSSR count). The van der Waals surface area contributed by atoms with E-state index in [4.69, 9.17) is 28.4 Å². The van der Waals surface area contributed by atoms with Crippen molar-refractivity contribution in [2.45, 2.75) is 129 Å². The Hall–Kier alpha value is -1.98. The highest BCUT2D eigenvalue weighted by molar-refractivity contribution is 6.77. The Morgan fingerprint density at radius 1 is 0.703 bits per heavy atom. The van der Waals surface area contributed by atoms with E-state index in [1.54, 1.807) is 0 Å². The maximum atomic E-state index is 11.9. The number of esters is 4. The number of unbranched alkanes of at least 4 members (excludes halogenated alkanes) is 5. The monoisotopic (exact) mass is 546 g/mol. The largest absolute Gasteiger partial charge is 0.463 e. The zero-order valence-electron chi connectivity index (χ0n) is 23.5. The molecule has 11 heteroatoms. The molecule has 0 amide bonds. The molecule has 1 saturated heterocycles. The van der Waals surface area contributed by atoms with Gasteiger partial charge in [-0.1, -0.05) is 64.6 Å². The first-order valence-electron chi connectivity index (χ1n) is 13.3. The lowest BCUT2D eigenvalue weighted by molar-refractivity contribution is -0.307. The molecule has 37 heavy (non-hydrogen) atoms. The van der Waals surface area contributed by atoms with Gasteiger partial charge in [-0.05, 0) is 6.04 Å². The summed E-state index contributed by atoms with van der Waals surface area (Å²) in [6.45, 7) is 11.8. The molecule has 10 nitrogen and oxygen atoms in total. The van der Waals surface area contributed by atoms with E-state index >= 15 is 0 Å². The third kappa shape index (κ3) is 13.4. The van der Waals surface area contributed by atoms with Crippen molar-refractivity contribution < 1.29 is 47.6 Å². The van der Waals surface area contributed by atoms with Crippen molar-refractivity contribution in [1.29, 1.82) is 0 Å². The average Bonchev–Trinajstić information content (AvgIpc) is 2.77. The summed E-state index contributed by atoms with van der Waals surface area (Å²) in [6.07, 6.45) is 1.82. The van der Waals surface area contributed by atoms with E-state index in [0.717, 1.165) is 6.04 Å². The fourth-order valence-electron chi connectivity index (χ4n) is 4.28. The zero-order chi connectivity index (χ0) is 28.0. The predicted molar refractivity (Wildman–Crippen MR) is 138 cm³/mol. The molecule has 5 unspecified atom stereocenters. The van der Waals surface area contributed by atoms with Crippen LogP contribution in [0.1, 0.15) is 73.1 Å². The number of hydrogen-bond donors (Lipinski definition) is 0. The van der Waals surface area contributed by atoms with Crippen molar-refractivity contribution in [2.75, 3.05) is 13.2 Å². The van der Waals surface area contributed by atoms with Crippen LogP contribution in [-0.4, -0.2) is 75.9 Å². The van der Waals surface area contributed by atoms with E-state index in [-0.39, 0.29) is 6.61 Å². The van der Waals surface area contributed by atoms with Gasteiger partial charge in [-0.2, -0.15) is 0 Å². The van der Waals surface area contributed by atoms with E-state index in [0.29, 0.717) is 6.61 Å². The first-order chi connectivity index (χ1) is 17.4. The van der Waals surface area contributed by atoms with Crippen molar-refractivity contribution in [2.24, 2.45) is 0 Å². The normalized spacial score (nSPS) is 23.7. The van der Waals surface area contributed by atoms with Gasteiger partial charge in [0.05, 0.1) is 0 Å². The van der Waals surface area contributed by atoms with Gasteiger partial charge in [-0.15, -0.1) is 0 Å². The predicted octanol–water partition coefficient (Wildman–Crippen LogP) is 4.16. The second-order valence-electron chi connectivity index (χ2n) is 10.4. The summed E-state index contributed by atoms with van der Waals surface area (Å²) in [5.74, 6) is -2.53. The smallest absolute Gasteiger partial charge is 0.303 e. The lowest BCUT2D eigenvalue weighted by atomic mass is 9.98. The summed E-state index contributed by atoms with van der Waals surface area (Å²) >= 11 is 0. The molecular formula is C26H46O10Si. The molecule has 0 aromatic heterocycles. The van der Waals surface area contributed by atoms with E-state index in [1.165, 1.54) is 72.3 Å². The second-order valence-corrected chi connectivity index (χ2v) is 15.7. The molecular weight excluding hydrogens is 500 g/mol. The molecule has 1 heterocycles. The minimum Gasteiger partial charge on any atom is -0.463 e. The maximum Gasteiger partial charge on any atom is 0.303 e. The number of carbonyl (C=O) groups is 4. The number of rotatable bonds is 16. The Labute approximate surface area is 222 Å². The molecule has 5 atom stereocenters. The lowest BCUT2D eigenvalue weighted by Crippen LogP contribution is -2.63. The molecule has 1 aliphatic rings. The Morgan fingerprint density at radius 3 is 1.81 bits per heavy atom. The van der Waals surface area contributed by atoms with E-state index in [1.807, 2.05) is 0 Å². The van der Waals surface area contributed by atoms with Crippen molar-refractivity contribution in [1.82, 2.24) is 0 Å². The van der Waals surface area contributed by atoms with Gasteiger partial charge in [0.2, 0.25) is 0 Å². The molecule has 0 aromatic rings. The minimum absolute atomic E-state index is 0.268. The van der Waals surface area contributed by atoms with E-state index in [2.05, 4.69) is 20.0 Å². The van der Waals surface area contributed by atoms with Gasteiger partial charge in [0.15, 0.2) is 24.6 Å². The summed E-state index contributed by atoms with van der Waals surface area (Å²) in [5, 5.41) is 0. The first-order valence-corrected chi connectivity index (χ1v) is 16.7. The minimum atomic E-state index is -1.55. The summed E-state index contributed by atoms with van der Waals surface area (Å²) in [7, 11) is -1.55. The van der Waals surface area contributed by atoms with Gasteiger partial charge in [-0.3, -0.25) is 19.2 Å². The van der Waals surface area contributed by atoms with Gasteiger partial charge >= 0.3 is 23.9 Å². The van der Waals surface area contributed by atoms with Crippen LogP contribution in [0.2, 0.25) is 25.2 Å². The molecule has 0 bridgehead atoms. The highest BCUT2D eigenvalue weighted by Gasteiger charge is 2.52. The lowest BCUT2D eigenvalue weighted by Gasteiger charge is -2.44. The van der Waals surface area contributed by atoms with Crippen LogP contribution in [0.4, 0.5) is 0 Å². The summed E-state index contributed by atoms with van der Waals surface area (Å²) in [5.41, 5.74) is 0. The zero-order valence-corrected chi connectivity index (χ0v) is 24.5. The SMILES string of the molecule is CCCCCCCC[Si](C)(C)CCOC1OC(COC(C)=O)C(OC(C)=O)C(OC(C)=O)C1OC(C)=O. The molecule has 1 fully saturated rings. The van der Waals surface area contributed by atoms with Crippen molar-refractivity contribution >= 4 is 32.0 Å². The van der Waals surface area contributed by atoms with Crippen LogP contribution in [0, 0.1) is 0 Å². The van der Waals surface area contributed by atoms with Crippen molar-refractivity contribution in [3.63, 3.8) is 0 Å². The summed E-state index contributed by atoms with van der Waals surface area (Å²) in [6, 6.07) is 2.04. The Kier molecular flexibility index (Phi) is 15.0. The van der Waals surface area contributed by atoms with Crippen LogP contribution in [0.3, 0.4) is 0 Å². The quantitative estimate of drug-likeness (QED) is 0.121. The topological polar surface area (TPSA) is 124 Å². The van der Waals surface area contributed by atoms with Crippen molar-refractivity contribution in [3.8, 4) is 0 Å². The van der Waals surface area contributed by atoms with Crippen LogP contribution in [-0.2, 0) is 47.6 Å². The fraction of sp³-hybridized carbons (Fsp3) is 0.846. The highest BCUT2D eigenvalue weighted by atomic mass is 28.3. The first kappa shape index (κ1) is 33.0. The molecule has 1 aliphatic heterocycles. The molecule has 0 spiro atoms. The molecule has 0 N–H and O–H groups in total. The van der Waals surface area contributed by atoms with Crippen molar-refractivity contribution in [3.05, 3.63) is 0 Å². The van der Waals surface area contributed by atoms with Gasteiger partial charge in [0, 0.05) is 42.4 Å². The highest BCUT2D eigenvalue weighted by Crippen LogP contribution is 2.30. The second kappa shape index (κ2) is 16.8. The number of hydrogen-bond acceptors (Lipinski definition) is 10. The third-order valence-electron chi connectivity index (χ3n) is 6.22. The maximum absolute atomic E-state index is 11.9. The third-order valence-corrected chi connectivity index (χ3v) is 9.48. The van der Waals surface area contributed by atoms with E-state index < -0.39 is 62.7 Å². The van der Waals surface area contributed by atoms with Gasteiger partial charge in [0.25, 0.3) is 0 Å². The Bertz CT molecular complexity index is 741. The van der Waals surface area contributed by atoms with Crippen LogP contribution in [0.5, 0.6) is 0 Å². The average molecular weight is 547 g/mol. The van der Waals surface area contributed by atoms with Crippen LogP contribution >= 0.6 is 0 Å². The number of ether oxygens (including phenoxy) is 6. The van der Waals surface area contributed by atoms with Gasteiger partial charge in [0.1, 0.15) is 12.7 Å². The molecule has 214 valence electrons. The van der Waals surface area contributed by atoms with Crippen LogP contribution in [0.25, 0.3) is 0 Å². The van der Waals surface area contributed by atoms with E-state index in [9.17, 15) is 19.2 Å².